The Bertz CT molecular complexity index is 526. The van der Waals surface area contributed by atoms with Gasteiger partial charge in [0.1, 0.15) is 5.60 Å². The minimum absolute atomic E-state index is 0.112. The Labute approximate surface area is 106 Å². The number of carbonyl (C=O) groups is 1. The zero-order chi connectivity index (χ0) is 13.3. The molecule has 1 aromatic heterocycles. The number of pyridine rings is 1. The van der Waals surface area contributed by atoms with Crippen LogP contribution in [0.15, 0.2) is 11.0 Å². The quantitative estimate of drug-likeness (QED) is 0.729. The highest BCUT2D eigenvalue weighted by atomic mass is 16.6. The van der Waals surface area contributed by atoms with Crippen molar-refractivity contribution in [3.8, 4) is 0 Å². The topological polar surface area (TPSA) is 71.2 Å². The second-order valence-corrected chi connectivity index (χ2v) is 5.42. The highest BCUT2D eigenvalue weighted by Crippen LogP contribution is 2.18. The summed E-state index contributed by atoms with van der Waals surface area (Å²) in [7, 11) is 0. The van der Waals surface area contributed by atoms with Crippen molar-refractivity contribution in [1.82, 2.24) is 10.3 Å². The highest BCUT2D eigenvalue weighted by molar-refractivity contribution is 5.91. The van der Waals surface area contributed by atoms with Gasteiger partial charge in [-0.2, -0.15) is 0 Å². The SMILES string of the molecule is CC(C)(C)OC(=O)c1c[nH]c(=O)c2c1CNCC2. The van der Waals surface area contributed by atoms with Gasteiger partial charge in [-0.1, -0.05) is 0 Å². The molecule has 0 amide bonds. The molecular formula is C13H18N2O3. The van der Waals surface area contributed by atoms with Gasteiger partial charge < -0.3 is 15.0 Å². The number of fused-ring (bicyclic) bond motifs is 1. The van der Waals surface area contributed by atoms with Crippen LogP contribution in [0.4, 0.5) is 0 Å². The summed E-state index contributed by atoms with van der Waals surface area (Å²) in [5.41, 5.74) is 1.25. The number of H-pyrrole nitrogens is 1. The molecule has 1 aliphatic heterocycles. The average molecular weight is 250 g/mol. The van der Waals surface area contributed by atoms with Crippen molar-refractivity contribution in [2.45, 2.75) is 39.3 Å². The van der Waals surface area contributed by atoms with E-state index in [0.717, 1.165) is 12.1 Å². The van der Waals surface area contributed by atoms with E-state index in [1.807, 2.05) is 20.8 Å². The van der Waals surface area contributed by atoms with Crippen molar-refractivity contribution in [3.63, 3.8) is 0 Å². The first-order chi connectivity index (χ1) is 8.38. The number of aromatic nitrogens is 1. The van der Waals surface area contributed by atoms with Crippen molar-refractivity contribution >= 4 is 5.97 Å². The van der Waals surface area contributed by atoms with Gasteiger partial charge in [-0.3, -0.25) is 4.79 Å². The van der Waals surface area contributed by atoms with Gasteiger partial charge in [0.05, 0.1) is 5.56 Å². The second kappa shape index (κ2) is 4.57. The summed E-state index contributed by atoms with van der Waals surface area (Å²) in [6.07, 6.45) is 2.09. The van der Waals surface area contributed by atoms with E-state index in [1.54, 1.807) is 0 Å². The highest BCUT2D eigenvalue weighted by Gasteiger charge is 2.24. The summed E-state index contributed by atoms with van der Waals surface area (Å²) in [6, 6.07) is 0. The fourth-order valence-corrected chi connectivity index (χ4v) is 2.02. The number of ether oxygens (including phenoxy) is 1. The lowest BCUT2D eigenvalue weighted by atomic mass is 9.98. The second-order valence-electron chi connectivity index (χ2n) is 5.42. The molecular weight excluding hydrogens is 232 g/mol. The average Bonchev–Trinajstić information content (AvgIpc) is 2.27. The fraction of sp³-hybridized carbons (Fsp3) is 0.538. The Morgan fingerprint density at radius 2 is 2.06 bits per heavy atom. The third-order valence-electron chi connectivity index (χ3n) is 2.78. The van der Waals surface area contributed by atoms with Crippen molar-refractivity contribution in [3.05, 3.63) is 33.2 Å². The number of aromatic amines is 1. The monoisotopic (exact) mass is 250 g/mol. The van der Waals surface area contributed by atoms with Gasteiger partial charge in [-0.25, -0.2) is 4.79 Å². The Kier molecular flexibility index (Phi) is 3.26. The van der Waals surface area contributed by atoms with Crippen LogP contribution in [0.3, 0.4) is 0 Å². The molecule has 0 radical (unpaired) electrons. The molecule has 2 rings (SSSR count). The Morgan fingerprint density at radius 3 is 2.72 bits per heavy atom. The van der Waals surface area contributed by atoms with E-state index in [2.05, 4.69) is 10.3 Å². The summed E-state index contributed by atoms with van der Waals surface area (Å²) in [4.78, 5) is 26.4. The molecule has 0 bridgehead atoms. The molecule has 0 atom stereocenters. The predicted octanol–water partition coefficient (Wildman–Crippen LogP) is 0.976. The molecule has 18 heavy (non-hydrogen) atoms. The van der Waals surface area contributed by atoms with Crippen LogP contribution in [0.5, 0.6) is 0 Å². The molecule has 0 aromatic carbocycles. The van der Waals surface area contributed by atoms with Gasteiger partial charge in [0.15, 0.2) is 0 Å². The first-order valence-corrected chi connectivity index (χ1v) is 6.06. The van der Waals surface area contributed by atoms with Gasteiger partial charge in [0.25, 0.3) is 5.56 Å². The molecule has 2 heterocycles. The van der Waals surface area contributed by atoms with E-state index in [9.17, 15) is 9.59 Å². The van der Waals surface area contributed by atoms with Gasteiger partial charge in [-0.15, -0.1) is 0 Å². The van der Waals surface area contributed by atoms with Crippen LogP contribution in [0.2, 0.25) is 0 Å². The smallest absolute Gasteiger partial charge is 0.340 e. The first-order valence-electron chi connectivity index (χ1n) is 6.06. The Balaban J connectivity index is 2.40. The van der Waals surface area contributed by atoms with Gasteiger partial charge in [-0.05, 0) is 39.3 Å². The van der Waals surface area contributed by atoms with Crippen LogP contribution in [0.25, 0.3) is 0 Å². The third-order valence-corrected chi connectivity index (χ3v) is 2.78. The van der Waals surface area contributed by atoms with Gasteiger partial charge in [0, 0.05) is 18.3 Å². The molecule has 98 valence electrons. The lowest BCUT2D eigenvalue weighted by molar-refractivity contribution is 0.00673. The molecule has 1 aromatic rings. The largest absolute Gasteiger partial charge is 0.456 e. The Morgan fingerprint density at radius 1 is 1.33 bits per heavy atom. The van der Waals surface area contributed by atoms with Crippen LogP contribution >= 0.6 is 0 Å². The van der Waals surface area contributed by atoms with Gasteiger partial charge in [0.2, 0.25) is 0 Å². The van der Waals surface area contributed by atoms with Crippen molar-refractivity contribution in [2.75, 3.05) is 6.54 Å². The lowest BCUT2D eigenvalue weighted by Crippen LogP contribution is -2.33. The van der Waals surface area contributed by atoms with Crippen molar-refractivity contribution in [2.24, 2.45) is 0 Å². The van der Waals surface area contributed by atoms with E-state index in [0.29, 0.717) is 24.1 Å². The third kappa shape index (κ3) is 2.61. The zero-order valence-electron chi connectivity index (χ0n) is 10.9. The predicted molar refractivity (Wildman–Crippen MR) is 67.6 cm³/mol. The lowest BCUT2D eigenvalue weighted by Gasteiger charge is -2.23. The maximum absolute atomic E-state index is 12.1. The molecule has 0 spiro atoms. The van der Waals surface area contributed by atoms with Crippen molar-refractivity contribution < 1.29 is 9.53 Å². The van der Waals surface area contributed by atoms with Crippen LogP contribution in [-0.2, 0) is 17.7 Å². The molecule has 2 N–H and O–H groups in total. The molecule has 0 fully saturated rings. The van der Waals surface area contributed by atoms with E-state index in [4.69, 9.17) is 4.74 Å². The molecule has 0 saturated heterocycles. The normalized spacial score (nSPS) is 15.1. The molecule has 5 heteroatoms. The van der Waals surface area contributed by atoms with Crippen LogP contribution in [0.1, 0.15) is 42.3 Å². The molecule has 0 unspecified atom stereocenters. The maximum atomic E-state index is 12.1. The van der Waals surface area contributed by atoms with E-state index in [1.165, 1.54) is 6.20 Å². The number of carbonyl (C=O) groups excluding carboxylic acids is 1. The Hall–Kier alpha value is -1.62. The fourth-order valence-electron chi connectivity index (χ4n) is 2.02. The number of nitrogens with one attached hydrogen (secondary N) is 2. The maximum Gasteiger partial charge on any atom is 0.340 e. The van der Waals surface area contributed by atoms with Crippen LogP contribution in [0, 0.1) is 0 Å². The molecule has 1 aliphatic rings. The summed E-state index contributed by atoms with van der Waals surface area (Å²) < 4.78 is 5.34. The van der Waals surface area contributed by atoms with E-state index >= 15 is 0 Å². The summed E-state index contributed by atoms with van der Waals surface area (Å²) in [6.45, 7) is 6.76. The molecule has 5 nitrogen and oxygen atoms in total. The van der Waals surface area contributed by atoms with Crippen molar-refractivity contribution in [1.29, 1.82) is 0 Å². The minimum Gasteiger partial charge on any atom is -0.456 e. The number of rotatable bonds is 1. The summed E-state index contributed by atoms with van der Waals surface area (Å²) in [5, 5.41) is 3.17. The molecule has 0 saturated carbocycles. The minimum atomic E-state index is -0.539. The number of hydrogen-bond acceptors (Lipinski definition) is 4. The standard InChI is InChI=1S/C13H18N2O3/c1-13(2,3)18-12(17)10-7-15-11(16)8-4-5-14-6-9(8)10/h7,14H,4-6H2,1-3H3,(H,15,16). The van der Waals surface area contributed by atoms with Crippen LogP contribution in [-0.4, -0.2) is 23.1 Å². The van der Waals surface area contributed by atoms with E-state index < -0.39 is 11.6 Å². The zero-order valence-corrected chi connectivity index (χ0v) is 10.9. The summed E-state index contributed by atoms with van der Waals surface area (Å²) >= 11 is 0. The molecule has 0 aliphatic carbocycles. The number of esters is 1. The van der Waals surface area contributed by atoms with Gasteiger partial charge >= 0.3 is 5.97 Å². The van der Waals surface area contributed by atoms with E-state index in [-0.39, 0.29) is 5.56 Å². The first kappa shape index (κ1) is 12.8. The van der Waals surface area contributed by atoms with Crippen LogP contribution < -0.4 is 10.9 Å². The summed E-state index contributed by atoms with van der Waals surface area (Å²) in [5.74, 6) is -0.390. The number of hydrogen-bond donors (Lipinski definition) is 2.